The van der Waals surface area contributed by atoms with Crippen molar-refractivity contribution in [2.24, 2.45) is 0 Å². The van der Waals surface area contributed by atoms with Crippen LogP contribution in [0.25, 0.3) is 0 Å². The van der Waals surface area contributed by atoms with E-state index in [9.17, 15) is 4.79 Å². The minimum Gasteiger partial charge on any atom is -0.399 e. The number of nitrogen functional groups attached to an aromatic ring is 1. The quantitative estimate of drug-likeness (QED) is 0.748. The SMILES string of the molecule is Cc1n[nH]c(C)c1NC(=O)C1(c2ccc(N)cc2)CC1. The minimum atomic E-state index is -0.399. The summed E-state index contributed by atoms with van der Waals surface area (Å²) in [6, 6.07) is 7.57. The maximum absolute atomic E-state index is 12.6. The molecule has 1 aliphatic carbocycles. The number of nitrogens with zero attached hydrogens (tertiary/aromatic N) is 1. The van der Waals surface area contributed by atoms with E-state index in [0.717, 1.165) is 35.5 Å². The highest BCUT2D eigenvalue weighted by atomic mass is 16.2. The van der Waals surface area contributed by atoms with Crippen LogP contribution < -0.4 is 11.1 Å². The normalized spacial score (nSPS) is 15.9. The van der Waals surface area contributed by atoms with E-state index in [0.29, 0.717) is 5.69 Å². The van der Waals surface area contributed by atoms with Gasteiger partial charge in [0.1, 0.15) is 0 Å². The van der Waals surface area contributed by atoms with Gasteiger partial charge in [0.25, 0.3) is 0 Å². The average Bonchev–Trinajstić information content (AvgIpc) is 3.18. The number of carbonyl (C=O) groups is 1. The second-order valence-corrected chi connectivity index (χ2v) is 5.47. The first-order valence-corrected chi connectivity index (χ1v) is 6.72. The molecule has 0 bridgehead atoms. The monoisotopic (exact) mass is 270 g/mol. The first-order chi connectivity index (χ1) is 9.53. The molecule has 3 rings (SSSR count). The Morgan fingerprint density at radius 2 is 1.95 bits per heavy atom. The van der Waals surface area contributed by atoms with Crippen molar-refractivity contribution in [3.05, 3.63) is 41.2 Å². The molecule has 0 aliphatic heterocycles. The van der Waals surface area contributed by atoms with Crippen molar-refractivity contribution in [2.45, 2.75) is 32.1 Å². The highest BCUT2D eigenvalue weighted by molar-refractivity contribution is 6.02. The van der Waals surface area contributed by atoms with Crippen LogP contribution in [0.3, 0.4) is 0 Å². The highest BCUT2D eigenvalue weighted by Crippen LogP contribution is 2.49. The van der Waals surface area contributed by atoms with Crippen molar-refractivity contribution in [1.29, 1.82) is 0 Å². The van der Waals surface area contributed by atoms with Crippen LogP contribution in [-0.2, 0) is 10.2 Å². The Morgan fingerprint density at radius 3 is 2.45 bits per heavy atom. The molecule has 1 saturated carbocycles. The van der Waals surface area contributed by atoms with Crippen molar-refractivity contribution < 1.29 is 4.79 Å². The zero-order valence-corrected chi connectivity index (χ0v) is 11.7. The van der Waals surface area contributed by atoms with Crippen LogP contribution in [0, 0.1) is 13.8 Å². The number of aryl methyl sites for hydroxylation is 2. The van der Waals surface area contributed by atoms with Crippen molar-refractivity contribution in [3.8, 4) is 0 Å². The van der Waals surface area contributed by atoms with Crippen LogP contribution >= 0.6 is 0 Å². The van der Waals surface area contributed by atoms with Crippen molar-refractivity contribution >= 4 is 17.3 Å². The molecular weight excluding hydrogens is 252 g/mol. The number of benzene rings is 1. The largest absolute Gasteiger partial charge is 0.399 e. The summed E-state index contributed by atoms with van der Waals surface area (Å²) in [5.41, 5.74) is 9.53. The van der Waals surface area contributed by atoms with E-state index in [2.05, 4.69) is 15.5 Å². The lowest BCUT2D eigenvalue weighted by molar-refractivity contribution is -0.118. The third-order valence-corrected chi connectivity index (χ3v) is 4.01. The molecule has 2 aromatic rings. The molecule has 104 valence electrons. The molecule has 5 heteroatoms. The predicted molar refractivity (Wildman–Crippen MR) is 78.5 cm³/mol. The Hall–Kier alpha value is -2.30. The van der Waals surface area contributed by atoms with Crippen molar-refractivity contribution in [2.75, 3.05) is 11.1 Å². The molecule has 1 heterocycles. The zero-order valence-electron chi connectivity index (χ0n) is 11.7. The number of aromatic amines is 1. The van der Waals surface area contributed by atoms with E-state index in [4.69, 9.17) is 5.73 Å². The first kappa shape index (κ1) is 12.7. The number of anilines is 2. The Morgan fingerprint density at radius 1 is 1.30 bits per heavy atom. The van der Waals surface area contributed by atoms with Gasteiger partial charge in [-0.3, -0.25) is 9.89 Å². The molecule has 4 N–H and O–H groups in total. The van der Waals surface area contributed by atoms with Gasteiger partial charge in [-0.25, -0.2) is 0 Å². The maximum Gasteiger partial charge on any atom is 0.235 e. The molecule has 1 aromatic carbocycles. The lowest BCUT2D eigenvalue weighted by atomic mass is 9.94. The van der Waals surface area contributed by atoms with Crippen LogP contribution in [0.4, 0.5) is 11.4 Å². The van der Waals surface area contributed by atoms with Gasteiger partial charge in [0, 0.05) is 5.69 Å². The smallest absolute Gasteiger partial charge is 0.235 e. The molecule has 0 saturated heterocycles. The number of carbonyl (C=O) groups excluding carboxylic acids is 1. The van der Waals surface area contributed by atoms with E-state index in [-0.39, 0.29) is 5.91 Å². The number of hydrogen-bond donors (Lipinski definition) is 3. The van der Waals surface area contributed by atoms with Crippen LogP contribution in [-0.4, -0.2) is 16.1 Å². The summed E-state index contributed by atoms with van der Waals surface area (Å²) >= 11 is 0. The van der Waals surface area contributed by atoms with Gasteiger partial charge >= 0.3 is 0 Å². The maximum atomic E-state index is 12.6. The number of nitrogens with one attached hydrogen (secondary N) is 2. The summed E-state index contributed by atoms with van der Waals surface area (Å²) in [5.74, 6) is 0.0369. The Kier molecular flexibility index (Phi) is 2.78. The van der Waals surface area contributed by atoms with E-state index in [1.165, 1.54) is 0 Å². The molecule has 0 unspecified atom stereocenters. The van der Waals surface area contributed by atoms with Gasteiger partial charge in [-0.1, -0.05) is 12.1 Å². The molecule has 20 heavy (non-hydrogen) atoms. The fourth-order valence-electron chi connectivity index (χ4n) is 2.54. The summed E-state index contributed by atoms with van der Waals surface area (Å²) in [4.78, 5) is 12.6. The van der Waals surface area contributed by atoms with E-state index < -0.39 is 5.41 Å². The molecule has 0 spiro atoms. The standard InChI is InChI=1S/C15H18N4O/c1-9-13(10(2)19-18-9)17-14(20)15(7-8-15)11-3-5-12(16)6-4-11/h3-6H,7-8,16H2,1-2H3,(H,17,20)(H,18,19). The zero-order chi connectivity index (χ0) is 14.3. The van der Waals surface area contributed by atoms with Crippen molar-refractivity contribution in [3.63, 3.8) is 0 Å². The summed E-state index contributed by atoms with van der Waals surface area (Å²) in [5, 5.41) is 9.99. The second-order valence-electron chi connectivity index (χ2n) is 5.47. The number of nitrogens with two attached hydrogens (primary N) is 1. The summed E-state index contributed by atoms with van der Waals surface area (Å²) < 4.78 is 0. The Balaban J connectivity index is 1.85. The fraction of sp³-hybridized carbons (Fsp3) is 0.333. The van der Waals surface area contributed by atoms with Crippen LogP contribution in [0.5, 0.6) is 0 Å². The molecule has 0 atom stereocenters. The third-order valence-electron chi connectivity index (χ3n) is 4.01. The highest BCUT2D eigenvalue weighted by Gasteiger charge is 2.51. The molecule has 1 fully saturated rings. The van der Waals surface area contributed by atoms with E-state index in [1.807, 2.05) is 38.1 Å². The molecule has 5 nitrogen and oxygen atoms in total. The molecule has 1 aliphatic rings. The Bertz CT molecular complexity index is 634. The van der Waals surface area contributed by atoms with Crippen LogP contribution in [0.1, 0.15) is 29.8 Å². The minimum absolute atomic E-state index is 0.0369. The van der Waals surface area contributed by atoms with Gasteiger partial charge in [-0.15, -0.1) is 0 Å². The number of H-pyrrole nitrogens is 1. The van der Waals surface area contributed by atoms with Crippen molar-refractivity contribution in [1.82, 2.24) is 10.2 Å². The number of amides is 1. The van der Waals surface area contributed by atoms with Gasteiger partial charge in [0.15, 0.2) is 0 Å². The number of hydrogen-bond acceptors (Lipinski definition) is 3. The second kappa shape index (κ2) is 4.37. The van der Waals surface area contributed by atoms with Gasteiger partial charge in [-0.2, -0.15) is 5.10 Å². The lowest BCUT2D eigenvalue weighted by Gasteiger charge is -2.16. The van der Waals surface area contributed by atoms with Gasteiger partial charge < -0.3 is 11.1 Å². The van der Waals surface area contributed by atoms with E-state index >= 15 is 0 Å². The van der Waals surface area contributed by atoms with Crippen LogP contribution in [0.2, 0.25) is 0 Å². The molecule has 0 radical (unpaired) electrons. The first-order valence-electron chi connectivity index (χ1n) is 6.72. The summed E-state index contributed by atoms with van der Waals surface area (Å²) in [6.45, 7) is 3.78. The number of rotatable bonds is 3. The molecule has 1 amide bonds. The van der Waals surface area contributed by atoms with Gasteiger partial charge in [0.2, 0.25) is 5.91 Å². The van der Waals surface area contributed by atoms with Crippen LogP contribution in [0.15, 0.2) is 24.3 Å². The lowest BCUT2D eigenvalue weighted by Crippen LogP contribution is -2.28. The Labute approximate surface area is 117 Å². The molecule has 1 aromatic heterocycles. The van der Waals surface area contributed by atoms with Gasteiger partial charge in [-0.05, 0) is 44.4 Å². The van der Waals surface area contributed by atoms with E-state index in [1.54, 1.807) is 0 Å². The topological polar surface area (TPSA) is 83.8 Å². The molecular formula is C15H18N4O. The predicted octanol–water partition coefficient (Wildman–Crippen LogP) is 2.28. The summed E-state index contributed by atoms with van der Waals surface area (Å²) in [7, 11) is 0. The fourth-order valence-corrected chi connectivity index (χ4v) is 2.54. The average molecular weight is 270 g/mol. The van der Waals surface area contributed by atoms with Gasteiger partial charge in [0.05, 0.1) is 22.5 Å². The number of aromatic nitrogens is 2. The summed E-state index contributed by atoms with van der Waals surface area (Å²) in [6.07, 6.45) is 1.75. The third kappa shape index (κ3) is 1.95.